The zero-order chi connectivity index (χ0) is 20.1. The summed E-state index contributed by atoms with van der Waals surface area (Å²) in [7, 11) is 0. The van der Waals surface area contributed by atoms with E-state index in [1.165, 1.54) is 12.8 Å². The van der Waals surface area contributed by atoms with E-state index >= 15 is 0 Å². The highest BCUT2D eigenvalue weighted by atomic mass is 32.2. The zero-order valence-electron chi connectivity index (χ0n) is 16.3. The molecule has 1 aromatic carbocycles. The lowest BCUT2D eigenvalue weighted by molar-refractivity contribution is 0.0949. The van der Waals surface area contributed by atoms with Gasteiger partial charge >= 0.3 is 6.03 Å². The summed E-state index contributed by atoms with van der Waals surface area (Å²) >= 11 is 1.65. The number of nitrogens with zero attached hydrogens (tertiary/aromatic N) is 3. The molecular formula is C21H25N5O2S. The Balaban J connectivity index is 1.36. The third kappa shape index (κ3) is 4.89. The first-order valence-corrected chi connectivity index (χ1v) is 11.0. The van der Waals surface area contributed by atoms with Gasteiger partial charge in [0.25, 0.3) is 5.91 Å². The molecule has 1 saturated heterocycles. The van der Waals surface area contributed by atoms with Gasteiger partial charge in [-0.3, -0.25) is 9.69 Å². The number of carbonyl (C=O) groups is 2. The minimum absolute atomic E-state index is 0.121. The summed E-state index contributed by atoms with van der Waals surface area (Å²) in [6, 6.07) is 10.6. The number of amides is 3. The molecule has 0 unspecified atom stereocenters. The quantitative estimate of drug-likeness (QED) is 0.791. The smallest absolute Gasteiger partial charge is 0.326 e. The summed E-state index contributed by atoms with van der Waals surface area (Å²) in [6.07, 6.45) is 4.22. The van der Waals surface area contributed by atoms with Crippen LogP contribution in [0.4, 0.5) is 16.2 Å². The second-order valence-electron chi connectivity index (χ2n) is 7.14. The average Bonchev–Trinajstić information content (AvgIpc) is 3.27. The molecule has 3 heterocycles. The van der Waals surface area contributed by atoms with Crippen molar-refractivity contribution in [1.82, 2.24) is 15.2 Å². The van der Waals surface area contributed by atoms with Gasteiger partial charge in [0.05, 0.1) is 5.69 Å². The van der Waals surface area contributed by atoms with Crippen LogP contribution < -0.4 is 15.5 Å². The second kappa shape index (κ2) is 9.28. The highest BCUT2D eigenvalue weighted by Gasteiger charge is 2.23. The van der Waals surface area contributed by atoms with Crippen molar-refractivity contribution in [3.63, 3.8) is 0 Å². The molecule has 1 fully saturated rings. The van der Waals surface area contributed by atoms with Crippen molar-refractivity contribution in [2.24, 2.45) is 0 Å². The van der Waals surface area contributed by atoms with Crippen molar-refractivity contribution < 1.29 is 9.59 Å². The molecule has 2 aromatic rings. The minimum atomic E-state index is -0.217. The van der Waals surface area contributed by atoms with Crippen molar-refractivity contribution in [3.8, 4) is 0 Å². The lowest BCUT2D eigenvalue weighted by Gasteiger charge is -2.28. The Hall–Kier alpha value is -2.58. The molecule has 7 nitrogen and oxygen atoms in total. The van der Waals surface area contributed by atoms with Gasteiger partial charge in [-0.05, 0) is 56.3 Å². The summed E-state index contributed by atoms with van der Waals surface area (Å²) in [4.78, 5) is 33.7. The van der Waals surface area contributed by atoms with Crippen LogP contribution in [0.3, 0.4) is 0 Å². The third-order valence-electron chi connectivity index (χ3n) is 5.13. The van der Waals surface area contributed by atoms with Gasteiger partial charge in [-0.1, -0.05) is 6.07 Å². The number of hydrogen-bond acceptors (Lipinski definition) is 5. The normalized spacial score (nSPS) is 16.3. The molecule has 29 heavy (non-hydrogen) atoms. The second-order valence-corrected chi connectivity index (χ2v) is 8.23. The minimum Gasteiger partial charge on any atom is -0.351 e. The molecular weight excluding hydrogens is 386 g/mol. The van der Waals surface area contributed by atoms with Crippen LogP contribution in [0.5, 0.6) is 0 Å². The summed E-state index contributed by atoms with van der Waals surface area (Å²) in [6.45, 7) is 4.36. The maximum atomic E-state index is 12.8. The number of carbonyl (C=O) groups excluding carboxylic acids is 2. The highest BCUT2D eigenvalue weighted by molar-refractivity contribution is 7.99. The predicted octanol–water partition coefficient (Wildman–Crippen LogP) is 3.05. The molecule has 0 aliphatic carbocycles. The molecule has 0 atom stereocenters. The Labute approximate surface area is 174 Å². The summed E-state index contributed by atoms with van der Waals surface area (Å²) in [5.74, 6) is 0.681. The van der Waals surface area contributed by atoms with Gasteiger partial charge < -0.3 is 15.5 Å². The van der Waals surface area contributed by atoms with Gasteiger partial charge in [0.1, 0.15) is 5.03 Å². The van der Waals surface area contributed by atoms with Crippen molar-refractivity contribution in [2.75, 3.05) is 48.7 Å². The molecule has 3 amide bonds. The Morgan fingerprint density at radius 1 is 1.10 bits per heavy atom. The Kier molecular flexibility index (Phi) is 6.31. The van der Waals surface area contributed by atoms with Crippen LogP contribution in [0, 0.1) is 0 Å². The van der Waals surface area contributed by atoms with Crippen LogP contribution in [-0.4, -0.2) is 60.3 Å². The fourth-order valence-electron chi connectivity index (χ4n) is 3.63. The van der Waals surface area contributed by atoms with E-state index in [1.807, 2.05) is 12.1 Å². The highest BCUT2D eigenvalue weighted by Crippen LogP contribution is 2.32. The number of aromatic nitrogens is 1. The van der Waals surface area contributed by atoms with Gasteiger partial charge in [-0.25, -0.2) is 9.78 Å². The van der Waals surface area contributed by atoms with Gasteiger partial charge in [-0.2, -0.15) is 0 Å². The lowest BCUT2D eigenvalue weighted by atomic mass is 10.2. The molecule has 152 valence electrons. The van der Waals surface area contributed by atoms with Crippen molar-refractivity contribution in [1.29, 1.82) is 0 Å². The van der Waals surface area contributed by atoms with E-state index < -0.39 is 0 Å². The monoisotopic (exact) mass is 411 g/mol. The molecule has 1 aromatic heterocycles. The van der Waals surface area contributed by atoms with Crippen molar-refractivity contribution >= 4 is 35.1 Å². The molecule has 0 spiro atoms. The van der Waals surface area contributed by atoms with Crippen LogP contribution >= 0.6 is 11.8 Å². The largest absolute Gasteiger partial charge is 0.351 e. The number of fused-ring (bicyclic) bond motifs is 1. The fraction of sp³-hybridized carbons (Fsp3) is 0.381. The molecule has 2 N–H and O–H groups in total. The van der Waals surface area contributed by atoms with Gasteiger partial charge in [0, 0.05) is 42.8 Å². The van der Waals surface area contributed by atoms with E-state index in [1.54, 1.807) is 47.1 Å². The van der Waals surface area contributed by atoms with Crippen LogP contribution in [0.15, 0.2) is 47.6 Å². The molecule has 2 aliphatic heterocycles. The number of anilines is 2. The number of nitrogens with one attached hydrogen (secondary N) is 2. The van der Waals surface area contributed by atoms with Crippen LogP contribution in [0.2, 0.25) is 0 Å². The Morgan fingerprint density at radius 3 is 2.83 bits per heavy atom. The van der Waals surface area contributed by atoms with E-state index in [0.29, 0.717) is 24.3 Å². The van der Waals surface area contributed by atoms with Crippen LogP contribution in [0.1, 0.15) is 23.2 Å². The molecule has 0 radical (unpaired) electrons. The predicted molar refractivity (Wildman–Crippen MR) is 116 cm³/mol. The average molecular weight is 412 g/mol. The Bertz CT molecular complexity index is 885. The van der Waals surface area contributed by atoms with E-state index in [2.05, 4.69) is 20.5 Å². The first-order chi connectivity index (χ1) is 14.2. The summed E-state index contributed by atoms with van der Waals surface area (Å²) in [5.41, 5.74) is 1.96. The fourth-order valence-corrected chi connectivity index (χ4v) is 4.56. The molecule has 0 saturated carbocycles. The summed E-state index contributed by atoms with van der Waals surface area (Å²) < 4.78 is 0. The standard InChI is InChI=1S/C21H25N5O2S/c27-19(22-9-12-25-10-1-2-11-25)16-5-3-6-17(15-16)24-21(28)26-13-14-29-20-18(26)7-4-8-23-20/h3-8,15H,1-2,9-14H2,(H,22,27)(H,24,28). The topological polar surface area (TPSA) is 77.6 Å². The summed E-state index contributed by atoms with van der Waals surface area (Å²) in [5, 5.41) is 6.74. The number of likely N-dealkylation sites (tertiary alicyclic amines) is 1. The maximum Gasteiger partial charge on any atom is 0.326 e. The van der Waals surface area contributed by atoms with E-state index in [4.69, 9.17) is 0 Å². The van der Waals surface area contributed by atoms with Gasteiger partial charge in [0.15, 0.2) is 0 Å². The van der Waals surface area contributed by atoms with Gasteiger partial charge in [0.2, 0.25) is 0 Å². The maximum absolute atomic E-state index is 12.8. The number of hydrogen-bond donors (Lipinski definition) is 2. The Morgan fingerprint density at radius 2 is 1.97 bits per heavy atom. The molecule has 0 bridgehead atoms. The third-order valence-corrected chi connectivity index (χ3v) is 6.10. The number of thioether (sulfide) groups is 1. The first-order valence-electron chi connectivity index (χ1n) is 9.98. The number of urea groups is 1. The lowest BCUT2D eigenvalue weighted by Crippen LogP contribution is -2.39. The van der Waals surface area contributed by atoms with Crippen molar-refractivity contribution in [2.45, 2.75) is 17.9 Å². The van der Waals surface area contributed by atoms with Gasteiger partial charge in [-0.15, -0.1) is 11.8 Å². The number of pyridine rings is 1. The van der Waals surface area contributed by atoms with Crippen LogP contribution in [0.25, 0.3) is 0 Å². The molecule has 4 rings (SSSR count). The van der Waals surface area contributed by atoms with E-state index in [-0.39, 0.29) is 11.9 Å². The zero-order valence-corrected chi connectivity index (χ0v) is 17.1. The SMILES string of the molecule is O=C(NCCN1CCCC1)c1cccc(NC(=O)N2CCSc3ncccc32)c1. The van der Waals surface area contributed by atoms with Crippen molar-refractivity contribution in [3.05, 3.63) is 48.2 Å². The molecule has 8 heteroatoms. The molecule has 2 aliphatic rings. The van der Waals surface area contributed by atoms with E-state index in [0.717, 1.165) is 36.1 Å². The number of benzene rings is 1. The number of rotatable bonds is 5. The van der Waals surface area contributed by atoms with E-state index in [9.17, 15) is 9.59 Å². The van der Waals surface area contributed by atoms with Crippen LogP contribution in [-0.2, 0) is 0 Å². The first kappa shape index (κ1) is 19.7.